The van der Waals surface area contributed by atoms with Gasteiger partial charge in [-0.15, -0.1) is 0 Å². The number of carbonyl (C=O) groups excluding carboxylic acids is 1. The number of sulfonamides is 1. The highest BCUT2D eigenvalue weighted by Gasteiger charge is 2.25. The van der Waals surface area contributed by atoms with Gasteiger partial charge in [-0.25, -0.2) is 8.42 Å². The standard InChI is InChI=1S/C28H34N2O7S/c1-34-18-16-30(38(32,33)19-14-23-8-5-4-6-9-23)22-28(31)29(21-25-10-7-17-37-25)15-13-24-11-12-26(35-2)27(20-24)36-3/h4-12,14,17,19-20H,13,15-16,18,21-22H2,1-3H3/b19-14+. The van der Waals surface area contributed by atoms with E-state index in [9.17, 15) is 13.2 Å². The molecule has 0 N–H and O–H groups in total. The Labute approximate surface area is 224 Å². The summed E-state index contributed by atoms with van der Waals surface area (Å²) >= 11 is 0. The van der Waals surface area contributed by atoms with Crippen LogP contribution in [0, 0.1) is 0 Å². The van der Waals surface area contributed by atoms with Crippen molar-refractivity contribution in [1.29, 1.82) is 0 Å². The van der Waals surface area contributed by atoms with Crippen molar-refractivity contribution in [2.45, 2.75) is 13.0 Å². The summed E-state index contributed by atoms with van der Waals surface area (Å²) in [6, 6.07) is 18.2. The van der Waals surface area contributed by atoms with Crippen LogP contribution >= 0.6 is 0 Å². The minimum atomic E-state index is -3.90. The van der Waals surface area contributed by atoms with Crippen LogP contribution < -0.4 is 9.47 Å². The number of methoxy groups -OCH3 is 3. The summed E-state index contributed by atoms with van der Waals surface area (Å²) in [4.78, 5) is 15.1. The van der Waals surface area contributed by atoms with Crippen LogP contribution in [0.2, 0.25) is 0 Å². The second-order valence-electron chi connectivity index (χ2n) is 8.42. The van der Waals surface area contributed by atoms with E-state index in [4.69, 9.17) is 18.6 Å². The zero-order valence-corrected chi connectivity index (χ0v) is 22.7. The second kappa shape index (κ2) is 14.4. The number of ether oxygens (including phenoxy) is 3. The van der Waals surface area contributed by atoms with Gasteiger partial charge in [-0.2, -0.15) is 4.31 Å². The Kier molecular flexibility index (Phi) is 11.0. The van der Waals surface area contributed by atoms with E-state index < -0.39 is 10.0 Å². The molecule has 10 heteroatoms. The summed E-state index contributed by atoms with van der Waals surface area (Å²) in [7, 11) is 0.723. The first-order valence-electron chi connectivity index (χ1n) is 12.1. The first-order valence-corrected chi connectivity index (χ1v) is 13.6. The van der Waals surface area contributed by atoms with E-state index >= 15 is 0 Å². The number of hydrogen-bond acceptors (Lipinski definition) is 7. The largest absolute Gasteiger partial charge is 0.493 e. The lowest BCUT2D eigenvalue weighted by atomic mass is 10.1. The molecule has 1 amide bonds. The predicted octanol–water partition coefficient (Wildman–Crippen LogP) is 3.82. The third-order valence-corrected chi connectivity index (χ3v) is 7.36. The maximum absolute atomic E-state index is 13.5. The highest BCUT2D eigenvalue weighted by molar-refractivity contribution is 7.92. The van der Waals surface area contributed by atoms with Crippen molar-refractivity contribution in [2.75, 3.05) is 47.6 Å². The molecule has 0 atom stereocenters. The summed E-state index contributed by atoms with van der Waals surface area (Å²) in [5.74, 6) is 1.45. The first-order chi connectivity index (χ1) is 18.4. The van der Waals surface area contributed by atoms with Crippen molar-refractivity contribution >= 4 is 22.0 Å². The Morgan fingerprint density at radius 1 is 0.947 bits per heavy atom. The van der Waals surface area contributed by atoms with Gasteiger partial charge >= 0.3 is 0 Å². The molecule has 3 rings (SSSR count). The highest BCUT2D eigenvalue weighted by Crippen LogP contribution is 2.27. The minimum absolute atomic E-state index is 0.0357. The number of furan rings is 1. The molecule has 3 aromatic rings. The number of nitrogens with zero attached hydrogens (tertiary/aromatic N) is 2. The van der Waals surface area contributed by atoms with Crippen LogP contribution in [-0.2, 0) is 32.5 Å². The van der Waals surface area contributed by atoms with Gasteiger partial charge in [0.2, 0.25) is 15.9 Å². The monoisotopic (exact) mass is 542 g/mol. The Morgan fingerprint density at radius 2 is 1.71 bits per heavy atom. The molecule has 0 unspecified atom stereocenters. The molecule has 0 spiro atoms. The van der Waals surface area contributed by atoms with E-state index in [1.165, 1.54) is 19.4 Å². The van der Waals surface area contributed by atoms with E-state index in [0.717, 1.165) is 20.8 Å². The first kappa shape index (κ1) is 29.0. The van der Waals surface area contributed by atoms with Crippen molar-refractivity contribution in [2.24, 2.45) is 0 Å². The van der Waals surface area contributed by atoms with E-state index in [-0.39, 0.29) is 32.1 Å². The van der Waals surface area contributed by atoms with Crippen LogP contribution in [0.1, 0.15) is 16.9 Å². The maximum Gasteiger partial charge on any atom is 0.238 e. The molecule has 9 nitrogen and oxygen atoms in total. The topological polar surface area (TPSA) is 98.5 Å². The molecule has 38 heavy (non-hydrogen) atoms. The highest BCUT2D eigenvalue weighted by atomic mass is 32.2. The van der Waals surface area contributed by atoms with Crippen LogP contribution in [0.4, 0.5) is 0 Å². The molecule has 0 saturated carbocycles. The third kappa shape index (κ3) is 8.47. The van der Waals surface area contributed by atoms with Crippen molar-refractivity contribution in [3.8, 4) is 11.5 Å². The lowest BCUT2D eigenvalue weighted by Crippen LogP contribution is -2.43. The van der Waals surface area contributed by atoms with Crippen molar-refractivity contribution in [3.63, 3.8) is 0 Å². The van der Waals surface area contributed by atoms with E-state index in [1.54, 1.807) is 43.4 Å². The number of hydrogen-bond donors (Lipinski definition) is 0. The zero-order chi connectivity index (χ0) is 27.4. The van der Waals surface area contributed by atoms with Gasteiger partial charge < -0.3 is 23.5 Å². The molecule has 1 aromatic heterocycles. The smallest absolute Gasteiger partial charge is 0.238 e. The van der Waals surface area contributed by atoms with Crippen LogP contribution in [0.25, 0.3) is 6.08 Å². The summed E-state index contributed by atoms with van der Waals surface area (Å²) in [5, 5.41) is 1.12. The average molecular weight is 543 g/mol. The van der Waals surface area contributed by atoms with E-state index in [1.807, 2.05) is 36.4 Å². The SMILES string of the molecule is COCCN(CC(=O)N(CCc1ccc(OC)c(OC)c1)Cc1ccco1)S(=O)(=O)/C=C/c1ccccc1. The number of rotatable bonds is 15. The minimum Gasteiger partial charge on any atom is -0.493 e. The van der Waals surface area contributed by atoms with E-state index in [2.05, 4.69) is 0 Å². The lowest BCUT2D eigenvalue weighted by Gasteiger charge is -2.26. The van der Waals surface area contributed by atoms with Crippen LogP contribution in [0.5, 0.6) is 11.5 Å². The van der Waals surface area contributed by atoms with Crippen molar-refractivity contribution in [3.05, 3.63) is 89.2 Å². The van der Waals surface area contributed by atoms with Gasteiger partial charge in [0.05, 0.1) is 40.2 Å². The van der Waals surface area contributed by atoms with Gasteiger partial charge in [-0.05, 0) is 47.9 Å². The fourth-order valence-electron chi connectivity index (χ4n) is 3.74. The zero-order valence-electron chi connectivity index (χ0n) is 21.9. The maximum atomic E-state index is 13.5. The van der Waals surface area contributed by atoms with Gasteiger partial charge in [0.1, 0.15) is 5.76 Å². The molecule has 1 heterocycles. The molecule has 0 aliphatic rings. The molecule has 0 saturated heterocycles. The normalized spacial score (nSPS) is 11.7. The van der Waals surface area contributed by atoms with Gasteiger partial charge in [0.25, 0.3) is 0 Å². The molecule has 0 radical (unpaired) electrons. The number of benzene rings is 2. The predicted molar refractivity (Wildman–Crippen MR) is 145 cm³/mol. The third-order valence-electron chi connectivity index (χ3n) is 5.85. The molecule has 0 aliphatic heterocycles. The van der Waals surface area contributed by atoms with Crippen LogP contribution in [-0.4, -0.2) is 71.1 Å². The fourth-order valence-corrected chi connectivity index (χ4v) is 4.86. The Bertz CT molecular complexity index is 1280. The average Bonchev–Trinajstić information content (AvgIpc) is 3.45. The second-order valence-corrected chi connectivity index (χ2v) is 10.2. The summed E-state index contributed by atoms with van der Waals surface area (Å²) < 4.78 is 48.7. The molecule has 204 valence electrons. The molecular weight excluding hydrogens is 508 g/mol. The van der Waals surface area contributed by atoms with Gasteiger partial charge in [0.15, 0.2) is 11.5 Å². The Hall–Kier alpha value is -3.60. The Balaban J connectivity index is 1.78. The fraction of sp³-hybridized carbons (Fsp3) is 0.321. The van der Waals surface area contributed by atoms with Crippen LogP contribution in [0.3, 0.4) is 0 Å². The number of carbonyl (C=O) groups is 1. The molecular formula is C28H34N2O7S. The quantitative estimate of drug-likeness (QED) is 0.288. The summed E-state index contributed by atoms with van der Waals surface area (Å²) in [6.07, 6.45) is 3.57. The molecule has 0 bridgehead atoms. The van der Waals surface area contributed by atoms with Crippen LogP contribution in [0.15, 0.2) is 76.8 Å². The summed E-state index contributed by atoms with van der Waals surface area (Å²) in [5.41, 5.74) is 1.68. The van der Waals surface area contributed by atoms with Crippen molar-refractivity contribution < 1.29 is 31.8 Å². The summed E-state index contributed by atoms with van der Waals surface area (Å²) in [6.45, 7) is 0.394. The van der Waals surface area contributed by atoms with E-state index in [0.29, 0.717) is 30.2 Å². The van der Waals surface area contributed by atoms with Crippen molar-refractivity contribution in [1.82, 2.24) is 9.21 Å². The van der Waals surface area contributed by atoms with Gasteiger partial charge in [0, 0.05) is 25.6 Å². The van der Waals surface area contributed by atoms with Gasteiger partial charge in [-0.3, -0.25) is 4.79 Å². The number of amides is 1. The van der Waals surface area contributed by atoms with Gasteiger partial charge in [-0.1, -0.05) is 36.4 Å². The lowest BCUT2D eigenvalue weighted by molar-refractivity contribution is -0.132. The molecule has 2 aromatic carbocycles. The Morgan fingerprint density at radius 3 is 2.37 bits per heavy atom. The molecule has 0 fully saturated rings. The molecule has 0 aliphatic carbocycles.